The predicted octanol–water partition coefficient (Wildman–Crippen LogP) is 3.18. The van der Waals surface area contributed by atoms with Gasteiger partial charge in [-0.25, -0.2) is 0 Å². The maximum atomic E-state index is 5.94. The lowest BCUT2D eigenvalue weighted by Crippen LogP contribution is -2.30. The lowest BCUT2D eigenvalue weighted by molar-refractivity contribution is 0.223. The van der Waals surface area contributed by atoms with Crippen molar-refractivity contribution >= 4 is 15.9 Å². The highest BCUT2D eigenvalue weighted by Gasteiger charge is 2.17. The fourth-order valence-electron chi connectivity index (χ4n) is 2.22. The fourth-order valence-corrected chi connectivity index (χ4v) is 2.78. The van der Waals surface area contributed by atoms with E-state index in [0.29, 0.717) is 6.54 Å². The van der Waals surface area contributed by atoms with Crippen LogP contribution in [0.5, 0.6) is 5.75 Å². The Hall–Kier alpha value is -1.30. The molecule has 108 valence electrons. The molecule has 2 rings (SSSR count). The van der Waals surface area contributed by atoms with E-state index in [1.54, 1.807) is 13.4 Å². The molecule has 0 fully saturated rings. The third-order valence-corrected chi connectivity index (χ3v) is 3.92. The summed E-state index contributed by atoms with van der Waals surface area (Å²) in [7, 11) is 3.70. The first-order valence-corrected chi connectivity index (χ1v) is 7.21. The van der Waals surface area contributed by atoms with E-state index in [9.17, 15) is 0 Å². The molecule has 4 nitrogen and oxygen atoms in total. The molecule has 0 saturated heterocycles. The largest absolute Gasteiger partial charge is 0.496 e. The first-order valence-electron chi connectivity index (χ1n) is 6.41. The van der Waals surface area contributed by atoms with Crippen molar-refractivity contribution in [1.82, 2.24) is 4.90 Å². The van der Waals surface area contributed by atoms with Gasteiger partial charge in [0, 0.05) is 12.6 Å². The standard InChI is InChI=1S/C15H19BrN2O2/c1-18(10-12-4-3-7-20-12)14(9-17)11-5-6-15(19-2)13(16)8-11/h3-8,14H,9-10,17H2,1-2H3. The van der Waals surface area contributed by atoms with Gasteiger partial charge in [-0.05, 0) is 52.8 Å². The van der Waals surface area contributed by atoms with Crippen LogP contribution in [0, 0.1) is 0 Å². The monoisotopic (exact) mass is 338 g/mol. The van der Waals surface area contributed by atoms with E-state index in [4.69, 9.17) is 14.9 Å². The van der Waals surface area contributed by atoms with Crippen molar-refractivity contribution in [3.63, 3.8) is 0 Å². The van der Waals surface area contributed by atoms with Crippen molar-refractivity contribution in [3.05, 3.63) is 52.4 Å². The minimum Gasteiger partial charge on any atom is -0.496 e. The molecule has 1 atom stereocenters. The Morgan fingerprint density at radius 3 is 2.75 bits per heavy atom. The highest BCUT2D eigenvalue weighted by molar-refractivity contribution is 9.10. The number of furan rings is 1. The zero-order chi connectivity index (χ0) is 14.5. The van der Waals surface area contributed by atoms with E-state index in [1.165, 1.54) is 0 Å². The summed E-state index contributed by atoms with van der Waals surface area (Å²) in [6, 6.07) is 10.0. The molecule has 1 aromatic carbocycles. The van der Waals surface area contributed by atoms with E-state index >= 15 is 0 Å². The molecule has 20 heavy (non-hydrogen) atoms. The minimum absolute atomic E-state index is 0.127. The first kappa shape index (κ1) is 15.1. The number of benzene rings is 1. The van der Waals surface area contributed by atoms with E-state index in [2.05, 4.69) is 26.9 Å². The van der Waals surface area contributed by atoms with Gasteiger partial charge in [0.1, 0.15) is 11.5 Å². The number of methoxy groups -OCH3 is 1. The molecule has 2 N–H and O–H groups in total. The molecule has 0 saturated carbocycles. The van der Waals surface area contributed by atoms with Gasteiger partial charge in [-0.3, -0.25) is 4.90 Å². The minimum atomic E-state index is 0.127. The zero-order valence-corrected chi connectivity index (χ0v) is 13.3. The molecule has 1 heterocycles. The van der Waals surface area contributed by atoms with Crippen molar-refractivity contribution in [3.8, 4) is 5.75 Å². The van der Waals surface area contributed by atoms with Crippen LogP contribution in [0.1, 0.15) is 17.4 Å². The summed E-state index contributed by atoms with van der Waals surface area (Å²) in [5.74, 6) is 1.75. The number of nitrogens with zero attached hydrogens (tertiary/aromatic N) is 1. The molecule has 0 aliphatic heterocycles. The Morgan fingerprint density at radius 2 is 2.20 bits per heavy atom. The maximum Gasteiger partial charge on any atom is 0.133 e. The smallest absolute Gasteiger partial charge is 0.133 e. The zero-order valence-electron chi connectivity index (χ0n) is 11.7. The van der Waals surface area contributed by atoms with E-state index in [-0.39, 0.29) is 6.04 Å². The molecule has 1 aromatic heterocycles. The van der Waals surface area contributed by atoms with Crippen LogP contribution in [-0.4, -0.2) is 25.6 Å². The van der Waals surface area contributed by atoms with Crippen molar-refractivity contribution in [2.45, 2.75) is 12.6 Å². The summed E-state index contributed by atoms with van der Waals surface area (Å²) in [4.78, 5) is 2.17. The number of ether oxygens (including phenoxy) is 1. The molecule has 2 aromatic rings. The number of halogens is 1. The SMILES string of the molecule is COc1ccc(C(CN)N(C)Cc2ccco2)cc1Br. The Morgan fingerprint density at radius 1 is 1.40 bits per heavy atom. The number of rotatable bonds is 6. The van der Waals surface area contributed by atoms with Crippen LogP contribution in [0.3, 0.4) is 0 Å². The summed E-state index contributed by atoms with van der Waals surface area (Å²) in [5, 5.41) is 0. The van der Waals surface area contributed by atoms with E-state index in [1.807, 2.05) is 31.3 Å². The number of hydrogen-bond donors (Lipinski definition) is 1. The first-order chi connectivity index (χ1) is 9.65. The van der Waals surface area contributed by atoms with Gasteiger partial charge in [0.25, 0.3) is 0 Å². The van der Waals surface area contributed by atoms with Crippen molar-refractivity contribution in [2.75, 3.05) is 20.7 Å². The molecule has 0 aliphatic carbocycles. The van der Waals surface area contributed by atoms with Gasteiger partial charge in [0.05, 0.1) is 24.4 Å². The van der Waals surface area contributed by atoms with Gasteiger partial charge in [-0.2, -0.15) is 0 Å². The second-order valence-corrected chi connectivity index (χ2v) is 5.49. The van der Waals surface area contributed by atoms with Crippen molar-refractivity contribution in [1.29, 1.82) is 0 Å². The van der Waals surface area contributed by atoms with Crippen LogP contribution in [0.2, 0.25) is 0 Å². The maximum absolute atomic E-state index is 5.94. The lowest BCUT2D eigenvalue weighted by Gasteiger charge is -2.27. The third-order valence-electron chi connectivity index (χ3n) is 3.30. The summed E-state index contributed by atoms with van der Waals surface area (Å²) in [6.07, 6.45) is 1.69. The van der Waals surface area contributed by atoms with Gasteiger partial charge in [-0.1, -0.05) is 6.07 Å². The molecule has 0 amide bonds. The molecular formula is C15H19BrN2O2. The highest BCUT2D eigenvalue weighted by atomic mass is 79.9. The Kier molecular flexibility index (Phi) is 5.23. The average Bonchev–Trinajstić information content (AvgIpc) is 2.92. The van der Waals surface area contributed by atoms with Crippen molar-refractivity contribution in [2.24, 2.45) is 5.73 Å². The van der Waals surface area contributed by atoms with E-state index < -0.39 is 0 Å². The third kappa shape index (κ3) is 3.42. The highest BCUT2D eigenvalue weighted by Crippen LogP contribution is 2.30. The molecular weight excluding hydrogens is 320 g/mol. The molecule has 0 spiro atoms. The van der Waals surface area contributed by atoms with Crippen LogP contribution >= 0.6 is 15.9 Å². The average molecular weight is 339 g/mol. The molecule has 0 aliphatic rings. The Labute approximate surface area is 127 Å². The van der Waals surface area contributed by atoms with Crippen molar-refractivity contribution < 1.29 is 9.15 Å². The quantitative estimate of drug-likeness (QED) is 0.878. The topological polar surface area (TPSA) is 51.6 Å². The second-order valence-electron chi connectivity index (χ2n) is 4.64. The normalized spacial score (nSPS) is 12.7. The molecule has 1 unspecified atom stereocenters. The number of nitrogens with two attached hydrogens (primary N) is 1. The molecule has 5 heteroatoms. The van der Waals surface area contributed by atoms with Gasteiger partial charge >= 0.3 is 0 Å². The summed E-state index contributed by atoms with van der Waals surface area (Å²) in [5.41, 5.74) is 7.08. The second kappa shape index (κ2) is 6.92. The van der Waals surface area contributed by atoms with Crippen LogP contribution in [0.15, 0.2) is 45.5 Å². The van der Waals surface area contributed by atoms with Gasteiger partial charge in [0.15, 0.2) is 0 Å². The summed E-state index contributed by atoms with van der Waals surface area (Å²) >= 11 is 3.51. The van der Waals surface area contributed by atoms with E-state index in [0.717, 1.165) is 28.1 Å². The predicted molar refractivity (Wildman–Crippen MR) is 82.7 cm³/mol. The van der Waals surface area contributed by atoms with Crippen LogP contribution in [-0.2, 0) is 6.54 Å². The van der Waals surface area contributed by atoms with Crippen LogP contribution < -0.4 is 10.5 Å². The van der Waals surface area contributed by atoms with Gasteiger partial charge in [-0.15, -0.1) is 0 Å². The number of hydrogen-bond acceptors (Lipinski definition) is 4. The molecule has 0 radical (unpaired) electrons. The van der Waals surface area contributed by atoms with Gasteiger partial charge < -0.3 is 14.9 Å². The lowest BCUT2D eigenvalue weighted by atomic mass is 10.1. The Bertz CT molecular complexity index is 543. The summed E-state index contributed by atoms with van der Waals surface area (Å²) in [6.45, 7) is 1.26. The molecule has 0 bridgehead atoms. The van der Waals surface area contributed by atoms with Gasteiger partial charge in [0.2, 0.25) is 0 Å². The van der Waals surface area contributed by atoms with Crippen LogP contribution in [0.25, 0.3) is 0 Å². The van der Waals surface area contributed by atoms with Crippen LogP contribution in [0.4, 0.5) is 0 Å². The number of likely N-dealkylation sites (N-methyl/N-ethyl adjacent to an activating group) is 1. The summed E-state index contributed by atoms with van der Waals surface area (Å²) < 4.78 is 11.6. The Balaban J connectivity index is 2.16. The fraction of sp³-hybridized carbons (Fsp3) is 0.333.